The first kappa shape index (κ1) is 19.0. The summed E-state index contributed by atoms with van der Waals surface area (Å²) < 4.78 is 11.0. The maximum atomic E-state index is 10.5. The molecule has 140 valence electrons. The molecule has 0 amide bonds. The van der Waals surface area contributed by atoms with Crippen molar-refractivity contribution in [2.24, 2.45) is 0 Å². The summed E-state index contributed by atoms with van der Waals surface area (Å²) in [6, 6.07) is 18.3. The van der Waals surface area contributed by atoms with Gasteiger partial charge in [0.1, 0.15) is 11.5 Å². The molecule has 0 saturated carbocycles. The summed E-state index contributed by atoms with van der Waals surface area (Å²) in [5.41, 5.74) is 2.32. The number of aliphatic carboxylic acids is 1. The lowest BCUT2D eigenvalue weighted by atomic mass is 9.78. The number of benzene rings is 2. The topological polar surface area (TPSA) is 85.5 Å². The van der Waals surface area contributed by atoms with Gasteiger partial charge in [0.25, 0.3) is 11.1 Å². The number of carboxylic acid groups (broad SMARTS) is 1. The van der Waals surface area contributed by atoms with Crippen molar-refractivity contribution in [2.75, 3.05) is 5.75 Å². The number of hydrogen-bond donors (Lipinski definition) is 1. The molecule has 0 saturated heterocycles. The summed E-state index contributed by atoms with van der Waals surface area (Å²) in [7, 11) is 0. The average Bonchev–Trinajstić information content (AvgIpc) is 3.14. The third-order valence-electron chi connectivity index (χ3n) is 4.20. The third-order valence-corrected chi connectivity index (χ3v) is 5.00. The number of aromatic nitrogens is 2. The zero-order chi connectivity index (χ0) is 19.3. The number of ether oxygens (including phenoxy) is 1. The number of nitrogens with zero attached hydrogens (tertiary/aromatic N) is 2. The van der Waals surface area contributed by atoms with E-state index in [9.17, 15) is 4.79 Å². The Bertz CT molecular complexity index is 892. The number of thioether (sulfide) groups is 1. The molecule has 1 heterocycles. The minimum atomic E-state index is -0.936. The summed E-state index contributed by atoms with van der Waals surface area (Å²) in [5, 5.41) is 16.5. The van der Waals surface area contributed by atoms with Crippen LogP contribution >= 0.6 is 11.8 Å². The SMILES string of the molecule is CC(C)(c1ccccc1)c1ccc(OCc2nnc(SCC(=O)O)o2)cc1. The van der Waals surface area contributed by atoms with Gasteiger partial charge in [0.2, 0.25) is 0 Å². The van der Waals surface area contributed by atoms with Crippen LogP contribution in [0.15, 0.2) is 64.2 Å². The van der Waals surface area contributed by atoms with Gasteiger partial charge in [0.15, 0.2) is 6.61 Å². The Morgan fingerprint density at radius 2 is 1.74 bits per heavy atom. The smallest absolute Gasteiger partial charge is 0.314 e. The van der Waals surface area contributed by atoms with E-state index in [-0.39, 0.29) is 23.0 Å². The molecule has 6 nitrogen and oxygen atoms in total. The second-order valence-corrected chi connectivity index (χ2v) is 7.37. The highest BCUT2D eigenvalue weighted by Gasteiger charge is 2.22. The molecule has 27 heavy (non-hydrogen) atoms. The van der Waals surface area contributed by atoms with Gasteiger partial charge >= 0.3 is 5.97 Å². The van der Waals surface area contributed by atoms with E-state index in [0.29, 0.717) is 11.6 Å². The highest BCUT2D eigenvalue weighted by atomic mass is 32.2. The van der Waals surface area contributed by atoms with Crippen LogP contribution in [0.4, 0.5) is 0 Å². The lowest BCUT2D eigenvalue weighted by Gasteiger charge is -2.26. The molecule has 2 aromatic carbocycles. The molecule has 3 aromatic rings. The van der Waals surface area contributed by atoms with Gasteiger partial charge in [0.05, 0.1) is 0 Å². The van der Waals surface area contributed by atoms with Crippen LogP contribution in [-0.4, -0.2) is 27.0 Å². The predicted octanol–water partition coefficient (Wildman–Crippen LogP) is 4.15. The van der Waals surface area contributed by atoms with Gasteiger partial charge in [-0.2, -0.15) is 0 Å². The molecule has 3 rings (SSSR count). The van der Waals surface area contributed by atoms with Gasteiger partial charge in [-0.25, -0.2) is 0 Å². The molecule has 0 aliphatic rings. The van der Waals surface area contributed by atoms with Crippen molar-refractivity contribution in [3.8, 4) is 5.75 Å². The van der Waals surface area contributed by atoms with Gasteiger partial charge in [-0.1, -0.05) is 68.1 Å². The van der Waals surface area contributed by atoms with E-state index in [1.165, 1.54) is 11.1 Å². The minimum Gasteiger partial charge on any atom is -0.484 e. The summed E-state index contributed by atoms with van der Waals surface area (Å²) in [6.45, 7) is 4.50. The molecule has 0 aliphatic carbocycles. The summed E-state index contributed by atoms with van der Waals surface area (Å²) in [6.07, 6.45) is 0. The fraction of sp³-hybridized carbons (Fsp3) is 0.250. The zero-order valence-corrected chi connectivity index (χ0v) is 15.9. The Kier molecular flexibility index (Phi) is 5.81. The van der Waals surface area contributed by atoms with Crippen molar-refractivity contribution < 1.29 is 19.1 Å². The van der Waals surface area contributed by atoms with E-state index < -0.39 is 5.97 Å². The molecule has 7 heteroatoms. The molecule has 0 atom stereocenters. The highest BCUT2D eigenvalue weighted by molar-refractivity contribution is 7.99. The zero-order valence-electron chi connectivity index (χ0n) is 15.1. The Morgan fingerprint density at radius 3 is 2.41 bits per heavy atom. The lowest BCUT2D eigenvalue weighted by molar-refractivity contribution is -0.133. The van der Waals surface area contributed by atoms with Crippen LogP contribution in [0.3, 0.4) is 0 Å². The highest BCUT2D eigenvalue weighted by Crippen LogP contribution is 2.32. The second-order valence-electron chi connectivity index (χ2n) is 6.45. The van der Waals surface area contributed by atoms with Crippen LogP contribution in [0.1, 0.15) is 30.9 Å². The second kappa shape index (κ2) is 8.26. The molecule has 0 radical (unpaired) electrons. The monoisotopic (exact) mass is 384 g/mol. The van der Waals surface area contributed by atoms with Gasteiger partial charge in [-0.15, -0.1) is 10.2 Å². The molecular formula is C20H20N2O4S. The minimum absolute atomic E-state index is 0.109. The molecule has 0 fully saturated rings. The summed E-state index contributed by atoms with van der Waals surface area (Å²) in [5.74, 6) is -0.0621. The van der Waals surface area contributed by atoms with Crippen LogP contribution in [0.2, 0.25) is 0 Å². The van der Waals surface area contributed by atoms with Crippen LogP contribution < -0.4 is 4.74 Å². The number of carbonyl (C=O) groups is 1. The van der Waals surface area contributed by atoms with E-state index in [1.54, 1.807) is 0 Å². The Labute approximate surface area is 161 Å². The van der Waals surface area contributed by atoms with E-state index in [4.69, 9.17) is 14.3 Å². The van der Waals surface area contributed by atoms with Crippen LogP contribution in [-0.2, 0) is 16.8 Å². The van der Waals surface area contributed by atoms with Crippen molar-refractivity contribution in [3.63, 3.8) is 0 Å². The van der Waals surface area contributed by atoms with Crippen molar-refractivity contribution in [3.05, 3.63) is 71.6 Å². The lowest BCUT2D eigenvalue weighted by Crippen LogP contribution is -2.18. The maximum absolute atomic E-state index is 10.5. The molecule has 1 N–H and O–H groups in total. The molecule has 0 bridgehead atoms. The van der Waals surface area contributed by atoms with Crippen molar-refractivity contribution >= 4 is 17.7 Å². The third kappa shape index (κ3) is 4.89. The quantitative estimate of drug-likeness (QED) is 0.584. The Morgan fingerprint density at radius 1 is 1.07 bits per heavy atom. The number of carboxylic acids is 1. The van der Waals surface area contributed by atoms with E-state index in [0.717, 1.165) is 11.8 Å². The average molecular weight is 384 g/mol. The van der Waals surface area contributed by atoms with Crippen LogP contribution in [0, 0.1) is 0 Å². The predicted molar refractivity (Wildman–Crippen MR) is 102 cm³/mol. The van der Waals surface area contributed by atoms with Crippen LogP contribution in [0.5, 0.6) is 5.75 Å². The molecule has 0 aliphatic heterocycles. The molecule has 0 spiro atoms. The first-order valence-electron chi connectivity index (χ1n) is 8.41. The van der Waals surface area contributed by atoms with E-state index >= 15 is 0 Å². The first-order valence-corrected chi connectivity index (χ1v) is 9.39. The number of hydrogen-bond acceptors (Lipinski definition) is 6. The van der Waals surface area contributed by atoms with E-state index in [2.05, 4.69) is 36.2 Å². The molecule has 1 aromatic heterocycles. The fourth-order valence-electron chi connectivity index (χ4n) is 2.61. The fourth-order valence-corrected chi connectivity index (χ4v) is 3.11. The number of rotatable bonds is 8. The normalized spacial score (nSPS) is 11.3. The standard InChI is InChI=1S/C20H20N2O4S/c1-20(2,14-6-4-3-5-7-14)15-8-10-16(11-9-15)25-12-17-21-22-19(26-17)27-13-18(23)24/h3-11H,12-13H2,1-2H3,(H,23,24). The molecular weight excluding hydrogens is 364 g/mol. The van der Waals surface area contributed by atoms with Gasteiger partial charge in [-0.05, 0) is 23.3 Å². The van der Waals surface area contributed by atoms with Gasteiger partial charge in [0, 0.05) is 5.41 Å². The maximum Gasteiger partial charge on any atom is 0.314 e. The van der Waals surface area contributed by atoms with Crippen molar-refractivity contribution in [1.82, 2.24) is 10.2 Å². The molecule has 0 unspecified atom stereocenters. The summed E-state index contributed by atoms with van der Waals surface area (Å²) >= 11 is 0.978. The van der Waals surface area contributed by atoms with Crippen molar-refractivity contribution in [2.45, 2.75) is 31.1 Å². The van der Waals surface area contributed by atoms with Crippen LogP contribution in [0.25, 0.3) is 0 Å². The van der Waals surface area contributed by atoms with Gasteiger partial charge < -0.3 is 14.3 Å². The largest absolute Gasteiger partial charge is 0.484 e. The Balaban J connectivity index is 1.60. The van der Waals surface area contributed by atoms with E-state index in [1.807, 2.05) is 42.5 Å². The van der Waals surface area contributed by atoms with Crippen molar-refractivity contribution in [1.29, 1.82) is 0 Å². The Hall–Kier alpha value is -2.80. The first-order chi connectivity index (χ1) is 12.9. The van der Waals surface area contributed by atoms with Gasteiger partial charge in [-0.3, -0.25) is 4.79 Å². The summed E-state index contributed by atoms with van der Waals surface area (Å²) in [4.78, 5) is 10.5.